The zero-order valence-electron chi connectivity index (χ0n) is 10.3. The van der Waals surface area contributed by atoms with Crippen LogP contribution in [0.5, 0.6) is 0 Å². The van der Waals surface area contributed by atoms with Crippen LogP contribution in [0.3, 0.4) is 0 Å². The summed E-state index contributed by atoms with van der Waals surface area (Å²) in [4.78, 5) is 11.3. The van der Waals surface area contributed by atoms with Gasteiger partial charge in [-0.05, 0) is 29.9 Å². The number of aliphatic carboxylic acids is 1. The molecule has 0 spiro atoms. The lowest BCUT2D eigenvalue weighted by molar-refractivity contribution is -0.138. The third-order valence-electron chi connectivity index (χ3n) is 3.33. The largest absolute Gasteiger partial charge is 0.481 e. The summed E-state index contributed by atoms with van der Waals surface area (Å²) in [5.41, 5.74) is 0.877. The first-order valence-corrected chi connectivity index (χ1v) is 7.51. The molecule has 0 radical (unpaired) electrons. The third kappa shape index (κ3) is 3.75. The summed E-state index contributed by atoms with van der Waals surface area (Å²) in [5, 5.41) is 12.7. The molecule has 1 aromatic carbocycles. The number of benzene rings is 1. The van der Waals surface area contributed by atoms with Gasteiger partial charge in [0.25, 0.3) is 0 Å². The Morgan fingerprint density at radius 3 is 2.61 bits per heavy atom. The van der Waals surface area contributed by atoms with E-state index in [0.29, 0.717) is 12.6 Å². The number of carbonyl (C=O) groups is 1. The first-order valence-electron chi connectivity index (χ1n) is 6.36. The first kappa shape index (κ1) is 13.4. The number of nitrogens with one attached hydrogen (secondary N) is 1. The average molecular weight is 265 g/mol. The molecule has 1 aliphatic heterocycles. The van der Waals surface area contributed by atoms with Crippen molar-refractivity contribution in [2.24, 2.45) is 0 Å². The van der Waals surface area contributed by atoms with Crippen molar-refractivity contribution in [1.29, 1.82) is 0 Å². The Labute approximate surface area is 112 Å². The van der Waals surface area contributed by atoms with Crippen LogP contribution in [-0.2, 0) is 4.79 Å². The van der Waals surface area contributed by atoms with Crippen LogP contribution in [0.25, 0.3) is 0 Å². The molecule has 1 aromatic rings. The molecule has 2 N–H and O–H groups in total. The summed E-state index contributed by atoms with van der Waals surface area (Å²) >= 11 is 1.98. The monoisotopic (exact) mass is 265 g/mol. The summed E-state index contributed by atoms with van der Waals surface area (Å²) in [7, 11) is 0. The maximum atomic E-state index is 11.3. The molecule has 18 heavy (non-hydrogen) atoms. The van der Waals surface area contributed by atoms with Crippen LogP contribution in [0.1, 0.15) is 24.3 Å². The number of rotatable bonds is 5. The quantitative estimate of drug-likeness (QED) is 0.858. The van der Waals surface area contributed by atoms with Gasteiger partial charge < -0.3 is 10.4 Å². The van der Waals surface area contributed by atoms with Gasteiger partial charge in [-0.1, -0.05) is 30.3 Å². The van der Waals surface area contributed by atoms with Crippen LogP contribution in [-0.4, -0.2) is 35.2 Å². The third-order valence-corrected chi connectivity index (χ3v) is 4.38. The van der Waals surface area contributed by atoms with Gasteiger partial charge in [0.1, 0.15) is 0 Å². The SMILES string of the molecule is O=C(O)C(CNC1CCSCC1)c1ccccc1. The zero-order valence-corrected chi connectivity index (χ0v) is 11.2. The zero-order chi connectivity index (χ0) is 12.8. The number of hydrogen-bond donors (Lipinski definition) is 2. The highest BCUT2D eigenvalue weighted by Crippen LogP contribution is 2.19. The fraction of sp³-hybridized carbons (Fsp3) is 0.500. The van der Waals surface area contributed by atoms with Crippen molar-refractivity contribution in [3.8, 4) is 0 Å². The van der Waals surface area contributed by atoms with E-state index < -0.39 is 11.9 Å². The van der Waals surface area contributed by atoms with Crippen LogP contribution in [0, 0.1) is 0 Å². The standard InChI is InChI=1S/C14H19NO2S/c16-14(17)13(11-4-2-1-3-5-11)10-15-12-6-8-18-9-7-12/h1-5,12-13,15H,6-10H2,(H,16,17). The predicted octanol–water partition coefficient (Wildman–Crippen LogP) is 2.34. The molecule has 1 unspecified atom stereocenters. The molecule has 1 aliphatic rings. The Balaban J connectivity index is 1.92. The van der Waals surface area contributed by atoms with E-state index in [2.05, 4.69) is 5.32 Å². The molecule has 0 saturated carbocycles. The lowest BCUT2D eigenvalue weighted by Gasteiger charge is -2.24. The molecule has 1 atom stereocenters. The number of hydrogen-bond acceptors (Lipinski definition) is 3. The number of carboxylic acids is 1. The van der Waals surface area contributed by atoms with E-state index >= 15 is 0 Å². The van der Waals surface area contributed by atoms with Gasteiger partial charge in [0.15, 0.2) is 0 Å². The molecular weight excluding hydrogens is 246 g/mol. The van der Waals surface area contributed by atoms with Crippen molar-refractivity contribution >= 4 is 17.7 Å². The van der Waals surface area contributed by atoms with E-state index in [1.807, 2.05) is 42.1 Å². The van der Waals surface area contributed by atoms with Gasteiger partial charge >= 0.3 is 5.97 Å². The summed E-state index contributed by atoms with van der Waals surface area (Å²) < 4.78 is 0. The Hall–Kier alpha value is -1.00. The molecule has 1 heterocycles. The highest BCUT2D eigenvalue weighted by Gasteiger charge is 2.21. The molecule has 2 rings (SSSR count). The van der Waals surface area contributed by atoms with Crippen molar-refractivity contribution < 1.29 is 9.90 Å². The molecular formula is C14H19NO2S. The lowest BCUT2D eigenvalue weighted by atomic mass is 9.98. The van der Waals surface area contributed by atoms with Gasteiger partial charge in [0.05, 0.1) is 5.92 Å². The van der Waals surface area contributed by atoms with E-state index in [1.165, 1.54) is 11.5 Å². The predicted molar refractivity (Wildman–Crippen MR) is 75.2 cm³/mol. The fourth-order valence-corrected chi connectivity index (χ4v) is 3.33. The molecule has 1 fully saturated rings. The molecule has 3 nitrogen and oxygen atoms in total. The summed E-state index contributed by atoms with van der Waals surface area (Å²) in [5.74, 6) is 1.17. The molecule has 0 aliphatic carbocycles. The smallest absolute Gasteiger partial charge is 0.312 e. The van der Waals surface area contributed by atoms with Crippen molar-refractivity contribution in [3.63, 3.8) is 0 Å². The van der Waals surface area contributed by atoms with E-state index in [0.717, 1.165) is 18.4 Å². The van der Waals surface area contributed by atoms with Crippen LogP contribution in [0.2, 0.25) is 0 Å². The average Bonchev–Trinajstić information content (AvgIpc) is 2.41. The second-order valence-electron chi connectivity index (χ2n) is 4.60. The van der Waals surface area contributed by atoms with E-state index in [1.54, 1.807) is 0 Å². The van der Waals surface area contributed by atoms with E-state index in [4.69, 9.17) is 0 Å². The van der Waals surface area contributed by atoms with Crippen molar-refractivity contribution in [2.75, 3.05) is 18.1 Å². The molecule has 1 saturated heterocycles. The van der Waals surface area contributed by atoms with Crippen molar-refractivity contribution in [1.82, 2.24) is 5.32 Å². The Bertz CT molecular complexity index is 377. The number of thioether (sulfide) groups is 1. The highest BCUT2D eigenvalue weighted by atomic mass is 32.2. The fourth-order valence-electron chi connectivity index (χ4n) is 2.22. The van der Waals surface area contributed by atoms with Crippen molar-refractivity contribution in [3.05, 3.63) is 35.9 Å². The minimum absolute atomic E-state index is 0.444. The van der Waals surface area contributed by atoms with Crippen molar-refractivity contribution in [2.45, 2.75) is 24.8 Å². The second-order valence-corrected chi connectivity index (χ2v) is 5.82. The molecule has 98 valence electrons. The van der Waals surface area contributed by atoms with Gasteiger partial charge in [-0.15, -0.1) is 0 Å². The van der Waals surface area contributed by atoms with Gasteiger partial charge in [-0.2, -0.15) is 11.8 Å². The first-order chi connectivity index (χ1) is 8.77. The van der Waals surface area contributed by atoms with E-state index in [9.17, 15) is 9.90 Å². The summed E-state index contributed by atoms with van der Waals surface area (Å²) in [6, 6.07) is 9.95. The minimum atomic E-state index is -0.751. The Kier molecular flexibility index (Phi) is 5.08. The molecule has 4 heteroatoms. The van der Waals surface area contributed by atoms with Gasteiger partial charge in [0, 0.05) is 12.6 Å². The van der Waals surface area contributed by atoms with Gasteiger partial charge in [0.2, 0.25) is 0 Å². The minimum Gasteiger partial charge on any atom is -0.481 e. The second kappa shape index (κ2) is 6.81. The van der Waals surface area contributed by atoms with Crippen LogP contribution < -0.4 is 5.32 Å². The molecule has 0 aromatic heterocycles. The maximum Gasteiger partial charge on any atom is 0.312 e. The normalized spacial score (nSPS) is 18.4. The van der Waals surface area contributed by atoms with Crippen LogP contribution >= 0.6 is 11.8 Å². The Morgan fingerprint density at radius 1 is 1.33 bits per heavy atom. The molecule has 0 bridgehead atoms. The topological polar surface area (TPSA) is 49.3 Å². The van der Waals surface area contributed by atoms with Gasteiger partial charge in [-0.25, -0.2) is 0 Å². The summed E-state index contributed by atoms with van der Waals surface area (Å²) in [6.07, 6.45) is 2.29. The van der Waals surface area contributed by atoms with Crippen LogP contribution in [0.4, 0.5) is 0 Å². The maximum absolute atomic E-state index is 11.3. The molecule has 0 amide bonds. The highest BCUT2D eigenvalue weighted by molar-refractivity contribution is 7.99. The van der Waals surface area contributed by atoms with E-state index in [-0.39, 0.29) is 0 Å². The lowest BCUT2D eigenvalue weighted by Crippen LogP contribution is -2.37. The van der Waals surface area contributed by atoms with Gasteiger partial charge in [-0.3, -0.25) is 4.79 Å². The number of carboxylic acid groups (broad SMARTS) is 1. The summed E-state index contributed by atoms with van der Waals surface area (Å²) in [6.45, 7) is 0.522. The van der Waals surface area contributed by atoms with Crippen LogP contribution in [0.15, 0.2) is 30.3 Å². The Morgan fingerprint density at radius 2 is 2.00 bits per heavy atom.